The normalized spacial score (nSPS) is 12.1. The summed E-state index contributed by atoms with van der Waals surface area (Å²) >= 11 is 0. The molecule has 0 spiro atoms. The number of rotatable bonds is 5. The number of sulfonamides is 1. The van der Waals surface area contributed by atoms with Crippen LogP contribution < -0.4 is 0 Å². The Morgan fingerprint density at radius 2 is 1.67 bits per heavy atom. The summed E-state index contributed by atoms with van der Waals surface area (Å²) in [6.07, 6.45) is 0.347. The second-order valence-corrected chi connectivity index (χ2v) is 6.88. The van der Waals surface area contributed by atoms with Crippen LogP contribution in [-0.2, 0) is 21.2 Å². The Kier molecular flexibility index (Phi) is 4.65. The molecule has 100 valence electrons. The first kappa shape index (κ1) is 14.9. The van der Waals surface area contributed by atoms with Gasteiger partial charge >= 0.3 is 0 Å². The van der Waals surface area contributed by atoms with Crippen LogP contribution in [0.15, 0.2) is 29.2 Å². The molecule has 0 saturated heterocycles. The molecule has 0 heterocycles. The Morgan fingerprint density at radius 1 is 1.17 bits per heavy atom. The van der Waals surface area contributed by atoms with Crippen LogP contribution in [0.2, 0.25) is 0 Å². The van der Waals surface area contributed by atoms with Crippen molar-refractivity contribution in [2.45, 2.75) is 25.2 Å². The van der Waals surface area contributed by atoms with Crippen LogP contribution >= 0.6 is 0 Å². The van der Waals surface area contributed by atoms with Crippen LogP contribution in [0.25, 0.3) is 0 Å². The Labute approximate surface area is 109 Å². The van der Waals surface area contributed by atoms with Crippen molar-refractivity contribution in [1.29, 1.82) is 0 Å². The van der Waals surface area contributed by atoms with Gasteiger partial charge < -0.3 is 0 Å². The molecular formula is C13H19NO3S. The minimum Gasteiger partial charge on any atom is -0.299 e. The summed E-state index contributed by atoms with van der Waals surface area (Å²) in [7, 11) is -0.407. The third kappa shape index (κ3) is 3.40. The van der Waals surface area contributed by atoms with Crippen LogP contribution in [0.5, 0.6) is 0 Å². The fourth-order valence-electron chi connectivity index (χ4n) is 1.40. The average molecular weight is 269 g/mol. The molecule has 4 nitrogen and oxygen atoms in total. The van der Waals surface area contributed by atoms with E-state index in [1.807, 2.05) is 13.8 Å². The SMILES string of the molecule is CC(C)C(=O)Cc1ccc(S(=O)(=O)N(C)C)cc1. The largest absolute Gasteiger partial charge is 0.299 e. The standard InChI is InChI=1S/C13H19NO3S/c1-10(2)13(15)9-11-5-7-12(8-6-11)18(16,17)14(3)4/h5-8,10H,9H2,1-4H3. The molecule has 0 atom stereocenters. The fourth-order valence-corrected chi connectivity index (χ4v) is 2.30. The van der Waals surface area contributed by atoms with Crippen LogP contribution in [-0.4, -0.2) is 32.6 Å². The third-order valence-corrected chi connectivity index (χ3v) is 4.55. The lowest BCUT2D eigenvalue weighted by molar-refractivity contribution is -0.121. The maximum Gasteiger partial charge on any atom is 0.242 e. The number of hydrogen-bond acceptors (Lipinski definition) is 3. The molecular weight excluding hydrogens is 250 g/mol. The quantitative estimate of drug-likeness (QED) is 0.817. The highest BCUT2D eigenvalue weighted by molar-refractivity contribution is 7.89. The first-order valence-corrected chi connectivity index (χ1v) is 7.23. The van der Waals surface area contributed by atoms with Gasteiger partial charge in [0, 0.05) is 26.4 Å². The summed E-state index contributed by atoms with van der Waals surface area (Å²) in [5, 5.41) is 0. The van der Waals surface area contributed by atoms with Crippen molar-refractivity contribution in [3.63, 3.8) is 0 Å². The second kappa shape index (κ2) is 5.63. The van der Waals surface area contributed by atoms with Crippen molar-refractivity contribution in [3.8, 4) is 0 Å². The number of carbonyl (C=O) groups excluding carboxylic acids is 1. The Hall–Kier alpha value is -1.20. The highest BCUT2D eigenvalue weighted by atomic mass is 32.2. The molecule has 0 N–H and O–H groups in total. The van der Waals surface area contributed by atoms with E-state index in [0.29, 0.717) is 6.42 Å². The summed E-state index contributed by atoms with van der Waals surface area (Å²) < 4.78 is 24.8. The number of nitrogens with zero attached hydrogens (tertiary/aromatic N) is 1. The average Bonchev–Trinajstić information content (AvgIpc) is 2.29. The van der Waals surface area contributed by atoms with Crippen molar-refractivity contribution in [2.24, 2.45) is 5.92 Å². The van der Waals surface area contributed by atoms with E-state index in [-0.39, 0.29) is 16.6 Å². The number of ketones is 1. The second-order valence-electron chi connectivity index (χ2n) is 4.73. The molecule has 1 rings (SSSR count). The topological polar surface area (TPSA) is 54.5 Å². The lowest BCUT2D eigenvalue weighted by Gasteiger charge is -2.11. The molecule has 0 unspecified atom stereocenters. The molecule has 0 saturated carbocycles. The third-order valence-electron chi connectivity index (χ3n) is 2.72. The van der Waals surface area contributed by atoms with Gasteiger partial charge in [-0.05, 0) is 17.7 Å². The molecule has 0 aliphatic carbocycles. The zero-order valence-electron chi connectivity index (χ0n) is 11.2. The van der Waals surface area contributed by atoms with Gasteiger partial charge in [-0.25, -0.2) is 12.7 Å². The molecule has 0 bridgehead atoms. The van der Waals surface area contributed by atoms with Crippen molar-refractivity contribution in [1.82, 2.24) is 4.31 Å². The molecule has 18 heavy (non-hydrogen) atoms. The van der Waals surface area contributed by atoms with Gasteiger partial charge in [0.15, 0.2) is 0 Å². The molecule has 1 aromatic rings. The van der Waals surface area contributed by atoms with Crippen LogP contribution in [0, 0.1) is 5.92 Å². The Balaban J connectivity index is 2.91. The van der Waals surface area contributed by atoms with Gasteiger partial charge in [0.05, 0.1) is 4.90 Å². The monoisotopic (exact) mass is 269 g/mol. The lowest BCUT2D eigenvalue weighted by atomic mass is 10.0. The van der Waals surface area contributed by atoms with Crippen LogP contribution in [0.4, 0.5) is 0 Å². The Bertz CT molecular complexity index is 516. The van der Waals surface area contributed by atoms with E-state index in [1.165, 1.54) is 30.5 Å². The Morgan fingerprint density at radius 3 is 2.06 bits per heavy atom. The highest BCUT2D eigenvalue weighted by Crippen LogP contribution is 2.15. The van der Waals surface area contributed by atoms with Gasteiger partial charge in [0.2, 0.25) is 10.0 Å². The molecule has 5 heteroatoms. The van der Waals surface area contributed by atoms with Crippen molar-refractivity contribution >= 4 is 15.8 Å². The number of Topliss-reactive ketones (excluding diaryl/α,β-unsaturated/α-hetero) is 1. The predicted octanol–water partition coefficient (Wildman–Crippen LogP) is 1.70. The number of hydrogen-bond donors (Lipinski definition) is 0. The summed E-state index contributed by atoms with van der Waals surface area (Å²) in [5.41, 5.74) is 0.839. The van der Waals surface area contributed by atoms with Gasteiger partial charge in [0.1, 0.15) is 5.78 Å². The smallest absolute Gasteiger partial charge is 0.242 e. The van der Waals surface area contributed by atoms with Crippen molar-refractivity contribution < 1.29 is 13.2 Å². The maximum absolute atomic E-state index is 11.8. The lowest BCUT2D eigenvalue weighted by Crippen LogP contribution is -2.22. The van der Waals surface area contributed by atoms with E-state index in [4.69, 9.17) is 0 Å². The first-order chi connectivity index (χ1) is 8.25. The van der Waals surface area contributed by atoms with E-state index >= 15 is 0 Å². The molecule has 0 fully saturated rings. The molecule has 0 radical (unpaired) electrons. The van der Waals surface area contributed by atoms with E-state index in [2.05, 4.69) is 0 Å². The van der Waals surface area contributed by atoms with Gasteiger partial charge in [-0.1, -0.05) is 26.0 Å². The van der Waals surface area contributed by atoms with E-state index in [9.17, 15) is 13.2 Å². The summed E-state index contributed by atoms with van der Waals surface area (Å²) in [4.78, 5) is 11.8. The fraction of sp³-hybridized carbons (Fsp3) is 0.462. The van der Waals surface area contributed by atoms with Gasteiger partial charge in [-0.15, -0.1) is 0 Å². The predicted molar refractivity (Wildman–Crippen MR) is 70.9 cm³/mol. The van der Waals surface area contributed by atoms with E-state index in [1.54, 1.807) is 12.1 Å². The summed E-state index contributed by atoms with van der Waals surface area (Å²) in [6, 6.07) is 6.46. The van der Waals surface area contributed by atoms with Gasteiger partial charge in [-0.3, -0.25) is 4.79 Å². The number of benzene rings is 1. The number of carbonyl (C=O) groups is 1. The molecule has 1 aromatic carbocycles. The molecule has 0 amide bonds. The molecule has 0 aliphatic rings. The zero-order chi connectivity index (χ0) is 13.9. The first-order valence-electron chi connectivity index (χ1n) is 5.79. The van der Waals surface area contributed by atoms with Crippen LogP contribution in [0.3, 0.4) is 0 Å². The van der Waals surface area contributed by atoms with Crippen LogP contribution in [0.1, 0.15) is 19.4 Å². The minimum absolute atomic E-state index is 0.00446. The maximum atomic E-state index is 11.8. The van der Waals surface area contributed by atoms with E-state index in [0.717, 1.165) is 5.56 Å². The van der Waals surface area contributed by atoms with Gasteiger partial charge in [0.25, 0.3) is 0 Å². The minimum atomic E-state index is -3.39. The summed E-state index contributed by atoms with van der Waals surface area (Å²) in [6.45, 7) is 3.71. The van der Waals surface area contributed by atoms with Gasteiger partial charge in [-0.2, -0.15) is 0 Å². The summed E-state index contributed by atoms with van der Waals surface area (Å²) in [5.74, 6) is 0.147. The van der Waals surface area contributed by atoms with Crippen molar-refractivity contribution in [2.75, 3.05) is 14.1 Å². The molecule has 0 aromatic heterocycles. The van der Waals surface area contributed by atoms with E-state index < -0.39 is 10.0 Å². The van der Waals surface area contributed by atoms with Crippen molar-refractivity contribution in [3.05, 3.63) is 29.8 Å². The zero-order valence-corrected chi connectivity index (χ0v) is 12.0. The highest BCUT2D eigenvalue weighted by Gasteiger charge is 2.17. The molecule has 0 aliphatic heterocycles.